The van der Waals surface area contributed by atoms with Crippen molar-refractivity contribution in [3.63, 3.8) is 0 Å². The lowest BCUT2D eigenvalue weighted by Crippen LogP contribution is -2.51. The Balaban J connectivity index is 4.70. The monoisotopic (exact) mass is 259 g/mol. The zero-order chi connectivity index (χ0) is 14.2. The van der Waals surface area contributed by atoms with Gasteiger partial charge in [-0.15, -0.1) is 0 Å². The van der Waals surface area contributed by atoms with Crippen LogP contribution in [0, 0.1) is 0 Å². The standard InChI is InChI=1S/C15H33NO2/c1-8-15(9-2,18-10-3)13(16-6)11-12-14(4,5)17-7/h13,16H,8-12H2,1-7H3. The summed E-state index contributed by atoms with van der Waals surface area (Å²) in [6.45, 7) is 11.6. The predicted molar refractivity (Wildman–Crippen MR) is 78.1 cm³/mol. The van der Waals surface area contributed by atoms with Gasteiger partial charge in [-0.05, 0) is 53.5 Å². The van der Waals surface area contributed by atoms with Gasteiger partial charge in [0, 0.05) is 19.8 Å². The lowest BCUT2D eigenvalue weighted by atomic mass is 9.83. The molecule has 110 valence electrons. The fraction of sp³-hybridized carbons (Fsp3) is 1.00. The van der Waals surface area contributed by atoms with Crippen molar-refractivity contribution < 1.29 is 9.47 Å². The van der Waals surface area contributed by atoms with Crippen LogP contribution in [0.4, 0.5) is 0 Å². The lowest BCUT2D eigenvalue weighted by molar-refractivity contribution is -0.0780. The number of hydrogen-bond acceptors (Lipinski definition) is 3. The summed E-state index contributed by atoms with van der Waals surface area (Å²) >= 11 is 0. The van der Waals surface area contributed by atoms with Gasteiger partial charge in [-0.1, -0.05) is 13.8 Å². The van der Waals surface area contributed by atoms with Gasteiger partial charge in [-0.2, -0.15) is 0 Å². The summed E-state index contributed by atoms with van der Waals surface area (Å²) in [4.78, 5) is 0. The molecule has 0 aliphatic heterocycles. The average molecular weight is 259 g/mol. The molecule has 0 aromatic heterocycles. The van der Waals surface area contributed by atoms with Crippen molar-refractivity contribution in [2.24, 2.45) is 0 Å². The van der Waals surface area contributed by atoms with Crippen molar-refractivity contribution in [2.75, 3.05) is 20.8 Å². The first kappa shape index (κ1) is 17.9. The predicted octanol–water partition coefficient (Wildman–Crippen LogP) is 3.37. The molecule has 0 bridgehead atoms. The number of ether oxygens (including phenoxy) is 2. The summed E-state index contributed by atoms with van der Waals surface area (Å²) in [6.07, 6.45) is 4.18. The molecule has 0 fully saturated rings. The zero-order valence-corrected chi connectivity index (χ0v) is 13.4. The fourth-order valence-electron chi connectivity index (χ4n) is 2.60. The lowest BCUT2D eigenvalue weighted by Gasteiger charge is -2.40. The van der Waals surface area contributed by atoms with E-state index >= 15 is 0 Å². The fourth-order valence-corrected chi connectivity index (χ4v) is 2.60. The van der Waals surface area contributed by atoms with Crippen molar-refractivity contribution in [1.29, 1.82) is 0 Å². The molecule has 1 unspecified atom stereocenters. The minimum absolute atomic E-state index is 0.0483. The Labute approximate surface area is 114 Å². The molecule has 1 atom stereocenters. The van der Waals surface area contributed by atoms with Crippen molar-refractivity contribution in [3.8, 4) is 0 Å². The van der Waals surface area contributed by atoms with E-state index in [0.717, 1.165) is 32.3 Å². The molecule has 1 N–H and O–H groups in total. The second-order valence-electron chi connectivity index (χ2n) is 5.55. The van der Waals surface area contributed by atoms with Gasteiger partial charge < -0.3 is 14.8 Å². The van der Waals surface area contributed by atoms with E-state index in [1.165, 1.54) is 0 Å². The maximum atomic E-state index is 6.08. The van der Waals surface area contributed by atoms with Gasteiger partial charge in [0.2, 0.25) is 0 Å². The highest BCUT2D eigenvalue weighted by Crippen LogP contribution is 2.29. The number of rotatable bonds is 10. The third-order valence-electron chi connectivity index (χ3n) is 4.20. The molecule has 0 aliphatic carbocycles. The second-order valence-corrected chi connectivity index (χ2v) is 5.55. The van der Waals surface area contributed by atoms with Crippen molar-refractivity contribution in [2.45, 2.75) is 77.5 Å². The Morgan fingerprint density at radius 2 is 1.67 bits per heavy atom. The summed E-state index contributed by atoms with van der Waals surface area (Å²) in [5.74, 6) is 0. The number of hydrogen-bond donors (Lipinski definition) is 1. The van der Waals surface area contributed by atoms with Crippen molar-refractivity contribution >= 4 is 0 Å². The molecule has 0 amide bonds. The first-order valence-electron chi connectivity index (χ1n) is 7.27. The molecule has 0 aromatic carbocycles. The number of likely N-dealkylation sites (N-methyl/N-ethyl adjacent to an activating group) is 1. The molecule has 0 heterocycles. The highest BCUT2D eigenvalue weighted by Gasteiger charge is 2.36. The maximum Gasteiger partial charge on any atom is 0.0829 e. The van der Waals surface area contributed by atoms with Crippen LogP contribution in [0.25, 0.3) is 0 Å². The maximum absolute atomic E-state index is 6.08. The molecule has 0 saturated heterocycles. The summed E-state index contributed by atoms with van der Waals surface area (Å²) < 4.78 is 11.6. The Morgan fingerprint density at radius 3 is 2.00 bits per heavy atom. The molecular weight excluding hydrogens is 226 g/mol. The molecule has 18 heavy (non-hydrogen) atoms. The molecule has 0 spiro atoms. The van der Waals surface area contributed by atoms with Crippen molar-refractivity contribution in [1.82, 2.24) is 5.32 Å². The van der Waals surface area contributed by atoms with E-state index in [4.69, 9.17) is 9.47 Å². The smallest absolute Gasteiger partial charge is 0.0829 e. The summed E-state index contributed by atoms with van der Waals surface area (Å²) in [5, 5.41) is 3.45. The average Bonchev–Trinajstić information content (AvgIpc) is 2.37. The highest BCUT2D eigenvalue weighted by atomic mass is 16.5. The minimum Gasteiger partial charge on any atom is -0.379 e. The molecule has 0 saturated carbocycles. The SMILES string of the molecule is CCOC(CC)(CC)C(CCC(C)(C)OC)NC. The van der Waals surface area contributed by atoms with Crippen LogP contribution in [0.2, 0.25) is 0 Å². The van der Waals surface area contributed by atoms with Gasteiger partial charge in [0.05, 0.1) is 11.2 Å². The van der Waals surface area contributed by atoms with E-state index in [-0.39, 0.29) is 11.2 Å². The van der Waals surface area contributed by atoms with Crippen LogP contribution in [-0.2, 0) is 9.47 Å². The van der Waals surface area contributed by atoms with Crippen LogP contribution in [0.5, 0.6) is 0 Å². The van der Waals surface area contributed by atoms with Gasteiger partial charge in [-0.3, -0.25) is 0 Å². The molecule has 0 rings (SSSR count). The van der Waals surface area contributed by atoms with Crippen LogP contribution < -0.4 is 5.32 Å². The largest absolute Gasteiger partial charge is 0.379 e. The Bertz CT molecular complexity index is 213. The van der Waals surface area contributed by atoms with Gasteiger partial charge in [-0.25, -0.2) is 0 Å². The van der Waals surface area contributed by atoms with E-state index < -0.39 is 0 Å². The van der Waals surface area contributed by atoms with E-state index in [1.54, 1.807) is 7.11 Å². The second kappa shape index (κ2) is 8.13. The van der Waals surface area contributed by atoms with Crippen LogP contribution in [0.3, 0.4) is 0 Å². The van der Waals surface area contributed by atoms with Crippen LogP contribution >= 0.6 is 0 Å². The van der Waals surface area contributed by atoms with Gasteiger partial charge in [0.1, 0.15) is 0 Å². The summed E-state index contributed by atoms with van der Waals surface area (Å²) in [7, 11) is 3.81. The molecule has 0 radical (unpaired) electrons. The minimum atomic E-state index is -0.0610. The molecule has 0 aromatic rings. The molecule has 0 aliphatic rings. The first-order valence-corrected chi connectivity index (χ1v) is 7.27. The third kappa shape index (κ3) is 4.87. The van der Waals surface area contributed by atoms with E-state index in [2.05, 4.69) is 39.9 Å². The number of nitrogens with one attached hydrogen (secondary N) is 1. The molecule has 3 nitrogen and oxygen atoms in total. The topological polar surface area (TPSA) is 30.5 Å². The van der Waals surface area contributed by atoms with Gasteiger partial charge in [0.15, 0.2) is 0 Å². The van der Waals surface area contributed by atoms with Crippen LogP contribution in [0.15, 0.2) is 0 Å². The Hall–Kier alpha value is -0.120. The summed E-state index contributed by atoms with van der Waals surface area (Å²) in [6, 6.07) is 0.377. The van der Waals surface area contributed by atoms with Crippen molar-refractivity contribution in [3.05, 3.63) is 0 Å². The van der Waals surface area contributed by atoms with Gasteiger partial charge >= 0.3 is 0 Å². The Kier molecular flexibility index (Phi) is 8.08. The summed E-state index contributed by atoms with van der Waals surface area (Å²) in [5.41, 5.74) is -0.109. The van der Waals surface area contributed by atoms with E-state index in [0.29, 0.717) is 6.04 Å². The molecule has 3 heteroatoms. The highest BCUT2D eigenvalue weighted by molar-refractivity contribution is 4.92. The quantitative estimate of drug-likeness (QED) is 0.652. The van der Waals surface area contributed by atoms with E-state index in [1.807, 2.05) is 7.05 Å². The van der Waals surface area contributed by atoms with Crippen LogP contribution in [-0.4, -0.2) is 38.0 Å². The zero-order valence-electron chi connectivity index (χ0n) is 13.4. The van der Waals surface area contributed by atoms with E-state index in [9.17, 15) is 0 Å². The third-order valence-corrected chi connectivity index (χ3v) is 4.20. The first-order chi connectivity index (χ1) is 8.41. The van der Waals surface area contributed by atoms with Crippen LogP contribution in [0.1, 0.15) is 60.3 Å². The normalized spacial score (nSPS) is 14.8. The Morgan fingerprint density at radius 1 is 1.11 bits per heavy atom. The molecular formula is C15H33NO2. The number of methoxy groups -OCH3 is 1. The van der Waals surface area contributed by atoms with Gasteiger partial charge in [0.25, 0.3) is 0 Å².